The molecule has 6 nitrogen and oxygen atoms in total. The molecule has 0 aromatic heterocycles. The molecule has 1 rings (SSSR count). The minimum absolute atomic E-state index is 0.166. The van der Waals surface area contributed by atoms with E-state index in [1.54, 1.807) is 40.8 Å². The third-order valence-electron chi connectivity index (χ3n) is 3.10. The fraction of sp³-hybridized carbons (Fsp3) is 0.500. The number of hydrogen-bond acceptors (Lipinski definition) is 4. The van der Waals surface area contributed by atoms with Crippen molar-refractivity contribution in [2.45, 2.75) is 33.3 Å². The van der Waals surface area contributed by atoms with Crippen LogP contribution < -0.4 is 10.2 Å². The van der Waals surface area contributed by atoms with Gasteiger partial charge in [-0.25, -0.2) is 9.59 Å². The van der Waals surface area contributed by atoms with Gasteiger partial charge in [0.1, 0.15) is 5.60 Å². The van der Waals surface area contributed by atoms with Crippen LogP contribution in [0.5, 0.6) is 0 Å². The number of carboxylic acids is 1. The maximum Gasteiger partial charge on any atom is 0.407 e. The Morgan fingerprint density at radius 3 is 2.48 bits per heavy atom. The van der Waals surface area contributed by atoms with Crippen molar-refractivity contribution in [1.29, 1.82) is 0 Å². The Morgan fingerprint density at radius 2 is 1.96 bits per heavy atom. The van der Waals surface area contributed by atoms with Crippen LogP contribution in [0.1, 0.15) is 36.7 Å². The lowest BCUT2D eigenvalue weighted by molar-refractivity contribution is 0.0529. The summed E-state index contributed by atoms with van der Waals surface area (Å²) in [4.78, 5) is 24.7. The van der Waals surface area contributed by atoms with Gasteiger partial charge in [0.2, 0.25) is 0 Å². The van der Waals surface area contributed by atoms with E-state index in [2.05, 4.69) is 5.32 Å². The Hall–Kier alpha value is -1.95. The number of rotatable bonds is 5. The van der Waals surface area contributed by atoms with Gasteiger partial charge in [-0.05, 0) is 45.4 Å². The molecule has 23 heavy (non-hydrogen) atoms. The van der Waals surface area contributed by atoms with Crippen LogP contribution in [0.25, 0.3) is 0 Å². The Labute approximate surface area is 141 Å². The highest BCUT2D eigenvalue weighted by molar-refractivity contribution is 6.31. The van der Waals surface area contributed by atoms with Crippen LogP contribution in [0.2, 0.25) is 5.02 Å². The molecule has 0 aliphatic heterocycles. The summed E-state index contributed by atoms with van der Waals surface area (Å²) in [5.41, 5.74) is 0.956. The number of ether oxygens (including phenoxy) is 1. The molecule has 128 valence electrons. The van der Waals surface area contributed by atoms with E-state index in [0.29, 0.717) is 29.4 Å². The second-order valence-electron chi connectivity index (χ2n) is 6.25. The fourth-order valence-corrected chi connectivity index (χ4v) is 2.26. The van der Waals surface area contributed by atoms with Crippen LogP contribution in [0.15, 0.2) is 12.1 Å². The van der Waals surface area contributed by atoms with E-state index in [-0.39, 0.29) is 5.56 Å². The molecule has 0 unspecified atom stereocenters. The standard InChI is InChI=1S/C16H23ClN2O4/c1-10-12(14(20)21)8-11(17)9-13(10)19(5)7-6-18-15(22)23-16(2,3)4/h8-9H,6-7H2,1-5H3,(H,18,22)(H,20,21). The summed E-state index contributed by atoms with van der Waals surface area (Å²) in [6, 6.07) is 3.13. The summed E-state index contributed by atoms with van der Waals surface area (Å²) in [5.74, 6) is -1.02. The number of aromatic carboxylic acids is 1. The van der Waals surface area contributed by atoms with Gasteiger partial charge >= 0.3 is 12.1 Å². The van der Waals surface area contributed by atoms with Crippen LogP contribution >= 0.6 is 11.6 Å². The zero-order valence-electron chi connectivity index (χ0n) is 14.1. The lowest BCUT2D eigenvalue weighted by Crippen LogP contribution is -2.37. The molecule has 0 saturated carbocycles. The van der Waals surface area contributed by atoms with Crippen molar-refractivity contribution >= 4 is 29.4 Å². The Kier molecular flexibility index (Phi) is 6.27. The van der Waals surface area contributed by atoms with E-state index in [1.165, 1.54) is 6.07 Å². The molecule has 0 atom stereocenters. The second-order valence-corrected chi connectivity index (χ2v) is 6.69. The maximum absolute atomic E-state index is 11.6. The monoisotopic (exact) mass is 342 g/mol. The van der Waals surface area contributed by atoms with Gasteiger partial charge in [0, 0.05) is 30.8 Å². The molecule has 0 aliphatic carbocycles. The van der Waals surface area contributed by atoms with Crippen molar-refractivity contribution in [3.8, 4) is 0 Å². The first-order valence-electron chi connectivity index (χ1n) is 7.22. The largest absolute Gasteiger partial charge is 0.478 e. The van der Waals surface area contributed by atoms with E-state index in [0.717, 1.165) is 0 Å². The molecule has 0 heterocycles. The normalized spacial score (nSPS) is 11.0. The van der Waals surface area contributed by atoms with Crippen LogP contribution in [0, 0.1) is 6.92 Å². The number of nitrogens with zero attached hydrogens (tertiary/aromatic N) is 1. The lowest BCUT2D eigenvalue weighted by atomic mass is 10.1. The average Bonchev–Trinajstić information content (AvgIpc) is 2.38. The van der Waals surface area contributed by atoms with Crippen molar-refractivity contribution < 1.29 is 19.4 Å². The van der Waals surface area contributed by atoms with Crippen LogP contribution in [0.3, 0.4) is 0 Å². The minimum Gasteiger partial charge on any atom is -0.478 e. The van der Waals surface area contributed by atoms with Crippen molar-refractivity contribution in [3.05, 3.63) is 28.3 Å². The van der Waals surface area contributed by atoms with Crippen molar-refractivity contribution in [2.24, 2.45) is 0 Å². The van der Waals surface area contributed by atoms with E-state index in [9.17, 15) is 14.7 Å². The van der Waals surface area contributed by atoms with Gasteiger partial charge in [-0.2, -0.15) is 0 Å². The van der Waals surface area contributed by atoms with Gasteiger partial charge in [0.05, 0.1) is 5.56 Å². The molecule has 0 spiro atoms. The van der Waals surface area contributed by atoms with Crippen molar-refractivity contribution in [1.82, 2.24) is 5.32 Å². The number of likely N-dealkylation sites (N-methyl/N-ethyl adjacent to an activating group) is 1. The van der Waals surface area contributed by atoms with Crippen LogP contribution in [-0.4, -0.2) is 42.9 Å². The van der Waals surface area contributed by atoms with Crippen LogP contribution in [-0.2, 0) is 4.74 Å². The number of carbonyl (C=O) groups is 2. The Bertz CT molecular complexity index is 596. The lowest BCUT2D eigenvalue weighted by Gasteiger charge is -2.24. The summed E-state index contributed by atoms with van der Waals surface area (Å²) in [5, 5.41) is 12.2. The first-order chi connectivity index (χ1) is 10.5. The minimum atomic E-state index is -1.02. The highest BCUT2D eigenvalue weighted by atomic mass is 35.5. The zero-order chi connectivity index (χ0) is 17.8. The van der Waals surface area contributed by atoms with Crippen molar-refractivity contribution in [2.75, 3.05) is 25.0 Å². The number of amides is 1. The van der Waals surface area contributed by atoms with Gasteiger partial charge in [-0.15, -0.1) is 0 Å². The summed E-state index contributed by atoms with van der Waals surface area (Å²) < 4.78 is 5.15. The van der Waals surface area contributed by atoms with Gasteiger partial charge in [-0.3, -0.25) is 0 Å². The number of hydrogen-bond donors (Lipinski definition) is 2. The van der Waals surface area contributed by atoms with E-state index in [4.69, 9.17) is 16.3 Å². The molecule has 7 heteroatoms. The molecule has 0 fully saturated rings. The second kappa shape index (κ2) is 7.55. The van der Waals surface area contributed by atoms with Gasteiger partial charge < -0.3 is 20.1 Å². The number of carboxylic acid groups (broad SMARTS) is 1. The molecule has 0 bridgehead atoms. The zero-order valence-corrected chi connectivity index (χ0v) is 14.8. The number of carbonyl (C=O) groups excluding carboxylic acids is 1. The predicted octanol–water partition coefficient (Wildman–Crippen LogP) is 3.31. The molecule has 0 saturated heterocycles. The molecule has 0 radical (unpaired) electrons. The number of alkyl carbamates (subject to hydrolysis) is 1. The van der Waals surface area contributed by atoms with Crippen molar-refractivity contribution in [3.63, 3.8) is 0 Å². The molecule has 1 aromatic rings. The van der Waals surface area contributed by atoms with E-state index in [1.807, 2.05) is 4.90 Å². The first kappa shape index (κ1) is 19.1. The molecule has 0 aliphatic rings. The number of benzene rings is 1. The molecule has 1 amide bonds. The SMILES string of the molecule is Cc1c(C(=O)O)cc(Cl)cc1N(C)CCNC(=O)OC(C)(C)C. The summed E-state index contributed by atoms with van der Waals surface area (Å²) in [7, 11) is 1.81. The summed E-state index contributed by atoms with van der Waals surface area (Å²) >= 11 is 5.99. The Morgan fingerprint density at radius 1 is 1.35 bits per heavy atom. The third kappa shape index (κ3) is 5.98. The first-order valence-corrected chi connectivity index (χ1v) is 7.60. The highest BCUT2D eigenvalue weighted by Crippen LogP contribution is 2.27. The van der Waals surface area contributed by atoms with Gasteiger partial charge in [0.25, 0.3) is 0 Å². The Balaban J connectivity index is 2.70. The average molecular weight is 343 g/mol. The summed E-state index contributed by atoms with van der Waals surface area (Å²) in [6.07, 6.45) is -0.486. The van der Waals surface area contributed by atoms with E-state index < -0.39 is 17.7 Å². The molecular weight excluding hydrogens is 320 g/mol. The maximum atomic E-state index is 11.6. The topological polar surface area (TPSA) is 78.9 Å². The number of halogens is 1. The summed E-state index contributed by atoms with van der Waals surface area (Å²) in [6.45, 7) is 7.95. The highest BCUT2D eigenvalue weighted by Gasteiger charge is 2.17. The third-order valence-corrected chi connectivity index (χ3v) is 3.32. The molecule has 2 N–H and O–H groups in total. The molecule has 1 aromatic carbocycles. The van der Waals surface area contributed by atoms with E-state index >= 15 is 0 Å². The molecular formula is C16H23ClN2O4. The van der Waals surface area contributed by atoms with Gasteiger partial charge in [0.15, 0.2) is 0 Å². The number of anilines is 1. The number of nitrogens with one attached hydrogen (secondary N) is 1. The fourth-order valence-electron chi connectivity index (χ4n) is 2.04. The quantitative estimate of drug-likeness (QED) is 0.858. The van der Waals surface area contributed by atoms with Gasteiger partial charge in [-0.1, -0.05) is 11.6 Å². The smallest absolute Gasteiger partial charge is 0.407 e. The van der Waals surface area contributed by atoms with Crippen LogP contribution in [0.4, 0.5) is 10.5 Å². The predicted molar refractivity (Wildman–Crippen MR) is 90.7 cm³/mol.